The molecule has 14 heavy (non-hydrogen) atoms. The van der Waals surface area contributed by atoms with Gasteiger partial charge in [0.05, 0.1) is 6.10 Å². The molecule has 0 saturated heterocycles. The number of aliphatic hydroxyl groups is 1. The third-order valence-corrected chi connectivity index (χ3v) is 4.15. The van der Waals surface area contributed by atoms with Gasteiger partial charge >= 0.3 is 0 Å². The molecule has 2 heteroatoms. The van der Waals surface area contributed by atoms with Crippen molar-refractivity contribution in [1.29, 1.82) is 0 Å². The van der Waals surface area contributed by atoms with Crippen molar-refractivity contribution in [3.8, 4) is 0 Å². The molecule has 3 atom stereocenters. The molecule has 2 aliphatic carbocycles. The smallest absolute Gasteiger partial charge is 0.0693 e. The Morgan fingerprint density at radius 3 is 2.43 bits per heavy atom. The van der Waals surface area contributed by atoms with E-state index >= 15 is 0 Å². The first-order valence-electron chi connectivity index (χ1n) is 6.04. The van der Waals surface area contributed by atoms with Crippen LogP contribution in [0.25, 0.3) is 0 Å². The Balaban J connectivity index is 1.90. The maximum Gasteiger partial charge on any atom is 0.0693 e. The van der Waals surface area contributed by atoms with Crippen LogP contribution in [0, 0.1) is 5.41 Å². The van der Waals surface area contributed by atoms with Crippen molar-refractivity contribution < 1.29 is 5.11 Å². The van der Waals surface area contributed by atoms with Crippen molar-refractivity contribution in [2.24, 2.45) is 5.41 Å². The molecule has 82 valence electrons. The molecule has 0 bridgehead atoms. The fraction of sp³-hybridized carbons (Fsp3) is 1.00. The lowest BCUT2D eigenvalue weighted by Crippen LogP contribution is -2.46. The van der Waals surface area contributed by atoms with Gasteiger partial charge in [-0.1, -0.05) is 20.3 Å². The van der Waals surface area contributed by atoms with Crippen LogP contribution in [0.15, 0.2) is 0 Å². The highest BCUT2D eigenvalue weighted by Crippen LogP contribution is 2.38. The van der Waals surface area contributed by atoms with E-state index in [0.717, 1.165) is 12.8 Å². The molecule has 0 radical (unpaired) electrons. The van der Waals surface area contributed by atoms with Gasteiger partial charge < -0.3 is 10.4 Å². The lowest BCUT2D eigenvalue weighted by molar-refractivity contribution is 0.130. The molecular weight excluding hydrogens is 174 g/mol. The molecule has 0 amide bonds. The summed E-state index contributed by atoms with van der Waals surface area (Å²) in [6.45, 7) is 4.69. The summed E-state index contributed by atoms with van der Waals surface area (Å²) in [7, 11) is 0. The van der Waals surface area contributed by atoms with Gasteiger partial charge in [-0.15, -0.1) is 0 Å². The predicted molar refractivity (Wildman–Crippen MR) is 58.2 cm³/mol. The van der Waals surface area contributed by atoms with Crippen LogP contribution in [-0.2, 0) is 0 Å². The van der Waals surface area contributed by atoms with E-state index in [2.05, 4.69) is 19.2 Å². The third kappa shape index (κ3) is 1.96. The summed E-state index contributed by atoms with van der Waals surface area (Å²) in [6.07, 6.45) is 7.20. The van der Waals surface area contributed by atoms with E-state index in [0.29, 0.717) is 17.5 Å². The number of nitrogens with one attached hydrogen (secondary N) is 1. The van der Waals surface area contributed by atoms with Gasteiger partial charge in [0.15, 0.2) is 0 Å². The highest BCUT2D eigenvalue weighted by molar-refractivity contribution is 4.94. The molecule has 0 heterocycles. The number of hydrogen-bond donors (Lipinski definition) is 2. The highest BCUT2D eigenvalue weighted by atomic mass is 16.3. The number of hydrogen-bond acceptors (Lipinski definition) is 2. The molecule has 2 saturated carbocycles. The molecule has 0 spiro atoms. The second kappa shape index (κ2) is 3.82. The van der Waals surface area contributed by atoms with E-state index < -0.39 is 0 Å². The van der Waals surface area contributed by atoms with Crippen LogP contribution in [0.1, 0.15) is 52.4 Å². The Hall–Kier alpha value is -0.0800. The average Bonchev–Trinajstić information content (AvgIpc) is 2.62. The fourth-order valence-electron chi connectivity index (χ4n) is 3.03. The minimum atomic E-state index is -0.0913. The van der Waals surface area contributed by atoms with Crippen LogP contribution in [0.3, 0.4) is 0 Å². The van der Waals surface area contributed by atoms with E-state index in [9.17, 15) is 5.11 Å². The molecule has 0 aliphatic heterocycles. The van der Waals surface area contributed by atoms with Gasteiger partial charge in [-0.2, -0.15) is 0 Å². The first-order valence-corrected chi connectivity index (χ1v) is 6.04. The van der Waals surface area contributed by atoms with E-state index in [4.69, 9.17) is 0 Å². The van der Waals surface area contributed by atoms with Crippen molar-refractivity contribution in [2.45, 2.75) is 70.6 Å². The van der Waals surface area contributed by atoms with Gasteiger partial charge in [-0.05, 0) is 37.5 Å². The second-order valence-electron chi connectivity index (χ2n) is 5.70. The SMILES string of the molecule is CC1(C)CCCC1N[C@@H]1CCC[C@H]1O. The topological polar surface area (TPSA) is 32.3 Å². The van der Waals surface area contributed by atoms with Crippen LogP contribution >= 0.6 is 0 Å². The standard InChI is InChI=1S/C12H23NO/c1-12(2)8-4-7-11(12)13-9-5-3-6-10(9)14/h9-11,13-14H,3-8H2,1-2H3/t9-,10-,11?/m1/s1. The second-order valence-corrected chi connectivity index (χ2v) is 5.70. The molecular formula is C12H23NO. The molecule has 2 fully saturated rings. The minimum absolute atomic E-state index is 0.0913. The van der Waals surface area contributed by atoms with Crippen LogP contribution < -0.4 is 5.32 Å². The molecule has 2 aliphatic rings. The Morgan fingerprint density at radius 2 is 1.93 bits per heavy atom. The van der Waals surface area contributed by atoms with Crippen molar-refractivity contribution >= 4 is 0 Å². The summed E-state index contributed by atoms with van der Waals surface area (Å²) in [5.41, 5.74) is 0.433. The van der Waals surface area contributed by atoms with Crippen molar-refractivity contribution in [2.75, 3.05) is 0 Å². The molecule has 0 aromatic carbocycles. The summed E-state index contributed by atoms with van der Waals surface area (Å²) >= 11 is 0. The van der Waals surface area contributed by atoms with E-state index in [-0.39, 0.29) is 6.10 Å². The van der Waals surface area contributed by atoms with Crippen LogP contribution in [0.5, 0.6) is 0 Å². The number of rotatable bonds is 2. The van der Waals surface area contributed by atoms with Gasteiger partial charge in [0, 0.05) is 12.1 Å². The maximum atomic E-state index is 9.76. The minimum Gasteiger partial charge on any atom is -0.392 e. The van der Waals surface area contributed by atoms with E-state index in [1.165, 1.54) is 25.7 Å². The summed E-state index contributed by atoms with van der Waals surface area (Å²) < 4.78 is 0. The molecule has 2 nitrogen and oxygen atoms in total. The Morgan fingerprint density at radius 1 is 1.14 bits per heavy atom. The van der Waals surface area contributed by atoms with Gasteiger partial charge in [0.1, 0.15) is 0 Å². The normalized spacial score (nSPS) is 41.8. The van der Waals surface area contributed by atoms with Crippen molar-refractivity contribution in [3.63, 3.8) is 0 Å². The summed E-state index contributed by atoms with van der Waals surface area (Å²) in [5, 5.41) is 13.4. The summed E-state index contributed by atoms with van der Waals surface area (Å²) in [5.74, 6) is 0. The van der Waals surface area contributed by atoms with Crippen molar-refractivity contribution in [3.05, 3.63) is 0 Å². The average molecular weight is 197 g/mol. The lowest BCUT2D eigenvalue weighted by Gasteiger charge is -2.31. The Bertz CT molecular complexity index is 202. The van der Waals surface area contributed by atoms with Crippen molar-refractivity contribution in [1.82, 2.24) is 5.32 Å². The van der Waals surface area contributed by atoms with E-state index in [1.807, 2.05) is 0 Å². The third-order valence-electron chi connectivity index (χ3n) is 4.15. The Labute approximate surface area is 87.1 Å². The van der Waals surface area contributed by atoms with Crippen LogP contribution in [0.4, 0.5) is 0 Å². The molecule has 0 aromatic rings. The van der Waals surface area contributed by atoms with E-state index in [1.54, 1.807) is 0 Å². The van der Waals surface area contributed by atoms with Crippen LogP contribution in [0.2, 0.25) is 0 Å². The molecule has 2 N–H and O–H groups in total. The monoisotopic (exact) mass is 197 g/mol. The summed E-state index contributed by atoms with van der Waals surface area (Å²) in [6, 6.07) is 0.998. The lowest BCUT2D eigenvalue weighted by atomic mass is 9.87. The van der Waals surface area contributed by atoms with Crippen LogP contribution in [-0.4, -0.2) is 23.3 Å². The molecule has 1 unspecified atom stereocenters. The molecule has 2 rings (SSSR count). The molecule has 0 aromatic heterocycles. The maximum absolute atomic E-state index is 9.76. The van der Waals surface area contributed by atoms with Gasteiger partial charge in [-0.3, -0.25) is 0 Å². The zero-order valence-corrected chi connectivity index (χ0v) is 9.42. The van der Waals surface area contributed by atoms with Gasteiger partial charge in [-0.25, -0.2) is 0 Å². The fourth-order valence-corrected chi connectivity index (χ4v) is 3.03. The first-order chi connectivity index (χ1) is 6.59. The van der Waals surface area contributed by atoms with Gasteiger partial charge in [0.2, 0.25) is 0 Å². The first kappa shape index (κ1) is 10.4. The highest BCUT2D eigenvalue weighted by Gasteiger charge is 2.37. The zero-order chi connectivity index (χ0) is 10.2. The largest absolute Gasteiger partial charge is 0.392 e. The quantitative estimate of drug-likeness (QED) is 0.710. The predicted octanol–water partition coefficient (Wildman–Crippen LogP) is 2.07. The van der Waals surface area contributed by atoms with Gasteiger partial charge in [0.25, 0.3) is 0 Å². The summed E-state index contributed by atoms with van der Waals surface area (Å²) in [4.78, 5) is 0. The number of aliphatic hydroxyl groups excluding tert-OH is 1. The zero-order valence-electron chi connectivity index (χ0n) is 9.42. The Kier molecular flexibility index (Phi) is 2.85.